The van der Waals surface area contributed by atoms with Crippen LogP contribution in [0.2, 0.25) is 0 Å². The Kier molecular flexibility index (Phi) is 6.37. The third-order valence-electron chi connectivity index (χ3n) is 5.18. The van der Waals surface area contributed by atoms with Crippen LogP contribution >= 0.6 is 0 Å². The maximum absolute atomic E-state index is 14.9. The van der Waals surface area contributed by atoms with Crippen molar-refractivity contribution in [2.45, 2.75) is 12.0 Å². The monoisotopic (exact) mass is 422 g/mol. The van der Waals surface area contributed by atoms with Crippen LogP contribution in [-0.4, -0.2) is 49.4 Å². The highest BCUT2D eigenvalue weighted by Gasteiger charge is 2.48. The van der Waals surface area contributed by atoms with Crippen molar-refractivity contribution in [3.63, 3.8) is 0 Å². The van der Waals surface area contributed by atoms with Crippen LogP contribution in [0.15, 0.2) is 30.5 Å². The van der Waals surface area contributed by atoms with E-state index in [2.05, 4.69) is 10.3 Å². The van der Waals surface area contributed by atoms with Crippen LogP contribution in [0, 0.1) is 28.9 Å². The molecule has 2 atom stereocenters. The number of nitrogens with zero attached hydrogens (tertiary/aromatic N) is 2. The van der Waals surface area contributed by atoms with Gasteiger partial charge in [-0.15, -0.1) is 0 Å². The van der Waals surface area contributed by atoms with E-state index >= 15 is 0 Å². The molecule has 0 spiro atoms. The fraction of sp³-hybridized carbons (Fsp3) is 0.350. The molecule has 0 radical (unpaired) electrons. The van der Waals surface area contributed by atoms with E-state index < -0.39 is 34.8 Å². The number of rotatable bonds is 6. The van der Waals surface area contributed by atoms with Crippen LogP contribution in [0.4, 0.5) is 13.2 Å². The minimum absolute atomic E-state index is 0.0119. The molecule has 2 heterocycles. The zero-order valence-corrected chi connectivity index (χ0v) is 16.4. The van der Waals surface area contributed by atoms with Crippen LogP contribution in [-0.2, 0) is 15.1 Å². The standard InChI is InChI=1S/C20H21F3N4O3/c1-25-20(10-29-6-5-14(20)19(28)27(2)11-24)15-8-13(3-4-16(15)22)30-17-7-12(21)9-26-18(17)23/h3-4,7-9,11,14,24-25H,5-6,10H2,1-2H3/t14-,20-/m0/s1. The Morgan fingerprint density at radius 3 is 2.87 bits per heavy atom. The summed E-state index contributed by atoms with van der Waals surface area (Å²) >= 11 is 0. The molecule has 1 aliphatic heterocycles. The summed E-state index contributed by atoms with van der Waals surface area (Å²) < 4.78 is 53.1. The zero-order chi connectivity index (χ0) is 21.9. The molecule has 0 saturated carbocycles. The van der Waals surface area contributed by atoms with Crippen molar-refractivity contribution >= 4 is 12.2 Å². The lowest BCUT2D eigenvalue weighted by molar-refractivity contribution is -0.140. The average Bonchev–Trinajstić information content (AvgIpc) is 2.76. The van der Waals surface area contributed by atoms with Gasteiger partial charge in [-0.25, -0.2) is 13.8 Å². The molecule has 1 amide bonds. The van der Waals surface area contributed by atoms with Gasteiger partial charge in [-0.3, -0.25) is 10.2 Å². The summed E-state index contributed by atoms with van der Waals surface area (Å²) in [6, 6.07) is 4.52. The van der Waals surface area contributed by atoms with E-state index in [1.807, 2.05) is 0 Å². The molecule has 1 aromatic heterocycles. The number of hydrogen-bond acceptors (Lipinski definition) is 6. The number of amides is 1. The van der Waals surface area contributed by atoms with Gasteiger partial charge >= 0.3 is 0 Å². The second-order valence-electron chi connectivity index (χ2n) is 6.88. The molecule has 2 N–H and O–H groups in total. The van der Waals surface area contributed by atoms with E-state index in [9.17, 15) is 18.0 Å². The lowest BCUT2D eigenvalue weighted by Gasteiger charge is -2.44. The van der Waals surface area contributed by atoms with Crippen LogP contribution in [0.5, 0.6) is 11.5 Å². The molecule has 0 bridgehead atoms. The van der Waals surface area contributed by atoms with E-state index in [0.717, 1.165) is 23.4 Å². The molecule has 2 aromatic rings. The maximum Gasteiger partial charge on any atom is 0.256 e. The number of halogens is 3. The van der Waals surface area contributed by atoms with Gasteiger partial charge in [-0.05, 0) is 31.7 Å². The highest BCUT2D eigenvalue weighted by atomic mass is 19.1. The fourth-order valence-corrected chi connectivity index (χ4v) is 3.58. The first-order valence-corrected chi connectivity index (χ1v) is 9.15. The summed E-state index contributed by atoms with van der Waals surface area (Å²) in [6.45, 7) is 0.283. The van der Waals surface area contributed by atoms with Crippen molar-refractivity contribution in [2.24, 2.45) is 5.92 Å². The first-order chi connectivity index (χ1) is 14.3. The molecule has 0 aliphatic carbocycles. The highest BCUT2D eigenvalue weighted by molar-refractivity contribution is 5.89. The third kappa shape index (κ3) is 4.01. The molecule has 1 saturated heterocycles. The van der Waals surface area contributed by atoms with Gasteiger partial charge in [-0.2, -0.15) is 4.39 Å². The number of likely N-dealkylation sites (N-methyl/N-ethyl adjacent to an activating group) is 1. The van der Waals surface area contributed by atoms with Crippen molar-refractivity contribution < 1.29 is 27.4 Å². The highest BCUT2D eigenvalue weighted by Crippen LogP contribution is 2.40. The summed E-state index contributed by atoms with van der Waals surface area (Å²) in [5.41, 5.74) is -1.18. The van der Waals surface area contributed by atoms with E-state index in [4.69, 9.17) is 14.9 Å². The topological polar surface area (TPSA) is 87.5 Å². The summed E-state index contributed by atoms with van der Waals surface area (Å²) in [6.07, 6.45) is 1.89. The Hall–Kier alpha value is -2.98. The van der Waals surface area contributed by atoms with Crippen molar-refractivity contribution in [1.82, 2.24) is 15.2 Å². The fourth-order valence-electron chi connectivity index (χ4n) is 3.58. The molecular formula is C20H21F3N4O3. The average molecular weight is 422 g/mol. The van der Waals surface area contributed by atoms with Crippen molar-refractivity contribution in [3.05, 3.63) is 53.6 Å². The quantitative estimate of drug-likeness (QED) is 0.425. The summed E-state index contributed by atoms with van der Waals surface area (Å²) in [7, 11) is 3.02. The second kappa shape index (κ2) is 8.80. The largest absolute Gasteiger partial charge is 0.452 e. The first-order valence-electron chi connectivity index (χ1n) is 9.15. The number of aromatic nitrogens is 1. The molecule has 3 rings (SSSR count). The van der Waals surface area contributed by atoms with E-state index in [1.54, 1.807) is 7.05 Å². The SMILES string of the molecule is CN[C@@]1(c2cc(Oc3cc(F)cnc3F)ccc2F)COCC[C@H]1C(=O)N(C)C=N. The van der Waals surface area contributed by atoms with Gasteiger partial charge < -0.3 is 19.7 Å². The molecule has 10 heteroatoms. The van der Waals surface area contributed by atoms with Gasteiger partial charge in [0.1, 0.15) is 17.4 Å². The molecule has 0 unspecified atom stereocenters. The Morgan fingerprint density at radius 2 is 2.17 bits per heavy atom. The van der Waals surface area contributed by atoms with Gasteiger partial charge in [-0.1, -0.05) is 0 Å². The Bertz CT molecular complexity index is 959. The van der Waals surface area contributed by atoms with Crippen LogP contribution in [0.3, 0.4) is 0 Å². The van der Waals surface area contributed by atoms with Crippen molar-refractivity contribution in [1.29, 1.82) is 5.41 Å². The minimum atomic E-state index is -1.26. The normalized spacial score (nSPS) is 21.2. The lowest BCUT2D eigenvalue weighted by atomic mass is 9.74. The molecule has 160 valence electrons. The minimum Gasteiger partial charge on any atom is -0.452 e. The molecule has 30 heavy (non-hydrogen) atoms. The number of nitrogens with one attached hydrogen (secondary N) is 2. The number of hydrogen-bond donors (Lipinski definition) is 2. The molecule has 7 nitrogen and oxygen atoms in total. The molecular weight excluding hydrogens is 401 g/mol. The third-order valence-corrected chi connectivity index (χ3v) is 5.18. The van der Waals surface area contributed by atoms with Crippen molar-refractivity contribution in [2.75, 3.05) is 27.3 Å². The Balaban J connectivity index is 2.05. The van der Waals surface area contributed by atoms with Gasteiger partial charge in [0.25, 0.3) is 5.95 Å². The number of ether oxygens (including phenoxy) is 2. The number of benzene rings is 1. The van der Waals surface area contributed by atoms with Gasteiger partial charge in [0.05, 0.1) is 30.6 Å². The summed E-state index contributed by atoms with van der Waals surface area (Å²) in [4.78, 5) is 17.2. The molecule has 1 aliphatic rings. The Labute approximate surface area is 171 Å². The lowest BCUT2D eigenvalue weighted by Crippen LogP contribution is -2.58. The molecule has 1 fully saturated rings. The Morgan fingerprint density at radius 1 is 1.40 bits per heavy atom. The molecule has 1 aromatic carbocycles. The number of carbonyl (C=O) groups excluding carboxylic acids is 1. The predicted molar refractivity (Wildman–Crippen MR) is 102 cm³/mol. The van der Waals surface area contributed by atoms with Gasteiger partial charge in [0.2, 0.25) is 5.91 Å². The maximum atomic E-state index is 14.9. The van der Waals surface area contributed by atoms with Crippen LogP contribution < -0.4 is 10.1 Å². The van der Waals surface area contributed by atoms with Gasteiger partial charge in [0.15, 0.2) is 5.75 Å². The predicted octanol–water partition coefficient (Wildman–Crippen LogP) is 2.81. The van der Waals surface area contributed by atoms with Gasteiger partial charge in [0, 0.05) is 25.3 Å². The second-order valence-corrected chi connectivity index (χ2v) is 6.88. The van der Waals surface area contributed by atoms with E-state index in [-0.39, 0.29) is 23.8 Å². The summed E-state index contributed by atoms with van der Waals surface area (Å²) in [5.74, 6) is -3.98. The summed E-state index contributed by atoms with van der Waals surface area (Å²) in [5, 5.41) is 10.4. The van der Waals surface area contributed by atoms with Crippen molar-refractivity contribution in [3.8, 4) is 11.5 Å². The number of carbonyl (C=O) groups is 1. The van der Waals surface area contributed by atoms with E-state index in [1.165, 1.54) is 19.2 Å². The first kappa shape index (κ1) is 21.7. The van der Waals surface area contributed by atoms with E-state index in [0.29, 0.717) is 19.2 Å². The van der Waals surface area contributed by atoms with Crippen LogP contribution in [0.25, 0.3) is 0 Å². The number of pyridine rings is 1. The van der Waals surface area contributed by atoms with Crippen LogP contribution in [0.1, 0.15) is 12.0 Å². The smallest absolute Gasteiger partial charge is 0.256 e. The zero-order valence-electron chi connectivity index (χ0n) is 16.4.